The molecule has 1 unspecified atom stereocenters. The fourth-order valence-electron chi connectivity index (χ4n) is 1.53. The molecule has 0 amide bonds. The summed E-state index contributed by atoms with van der Waals surface area (Å²) < 4.78 is 0. The van der Waals surface area contributed by atoms with Crippen molar-refractivity contribution in [3.8, 4) is 0 Å². The summed E-state index contributed by atoms with van der Waals surface area (Å²) in [6.45, 7) is 5.63. The second-order valence-corrected chi connectivity index (χ2v) is 4.67. The number of pyridine rings is 1. The van der Waals surface area contributed by atoms with Crippen molar-refractivity contribution >= 4 is 0 Å². The van der Waals surface area contributed by atoms with Gasteiger partial charge in [0.2, 0.25) is 0 Å². The molecule has 0 aliphatic heterocycles. The summed E-state index contributed by atoms with van der Waals surface area (Å²) in [5.74, 6) is 0. The van der Waals surface area contributed by atoms with Crippen molar-refractivity contribution in [2.75, 3.05) is 6.54 Å². The van der Waals surface area contributed by atoms with Crippen LogP contribution in [0.5, 0.6) is 0 Å². The molecule has 0 spiro atoms. The molecule has 1 N–H and O–H groups in total. The Kier molecular flexibility index (Phi) is 2.55. The van der Waals surface area contributed by atoms with Crippen molar-refractivity contribution in [3.05, 3.63) is 30.1 Å². The molecule has 0 aromatic carbocycles. The highest BCUT2D eigenvalue weighted by Gasteiger charge is 2.36. The van der Waals surface area contributed by atoms with Gasteiger partial charge < -0.3 is 5.32 Å². The molecule has 0 saturated heterocycles. The lowest BCUT2D eigenvalue weighted by molar-refractivity contribution is 0.452. The highest BCUT2D eigenvalue weighted by molar-refractivity contribution is 5.08. The van der Waals surface area contributed by atoms with E-state index in [9.17, 15) is 0 Å². The van der Waals surface area contributed by atoms with E-state index in [2.05, 4.69) is 30.2 Å². The van der Waals surface area contributed by atoms with Gasteiger partial charge >= 0.3 is 0 Å². The van der Waals surface area contributed by atoms with Gasteiger partial charge in [0.05, 0.1) is 5.69 Å². The van der Waals surface area contributed by atoms with Crippen LogP contribution in [-0.4, -0.2) is 11.5 Å². The van der Waals surface area contributed by atoms with Gasteiger partial charge in [0.15, 0.2) is 0 Å². The summed E-state index contributed by atoms with van der Waals surface area (Å²) in [6.07, 6.45) is 4.59. The Balaban J connectivity index is 1.86. The van der Waals surface area contributed by atoms with Gasteiger partial charge in [0, 0.05) is 18.8 Å². The quantitative estimate of drug-likeness (QED) is 0.789. The van der Waals surface area contributed by atoms with E-state index in [1.807, 2.05) is 18.3 Å². The number of rotatable bonds is 4. The average Bonchev–Trinajstić information content (AvgIpc) is 2.95. The lowest BCUT2D eigenvalue weighted by atomic mass is 10.1. The molecule has 1 atom stereocenters. The van der Waals surface area contributed by atoms with Crippen LogP contribution in [0.15, 0.2) is 24.4 Å². The Hall–Kier alpha value is -0.890. The van der Waals surface area contributed by atoms with Gasteiger partial charge in [-0.05, 0) is 37.3 Å². The third-order valence-corrected chi connectivity index (χ3v) is 3.07. The van der Waals surface area contributed by atoms with Gasteiger partial charge in [0.25, 0.3) is 0 Å². The minimum absolute atomic E-state index is 0.369. The van der Waals surface area contributed by atoms with Crippen molar-refractivity contribution in [2.24, 2.45) is 5.41 Å². The molecule has 76 valence electrons. The molecule has 2 nitrogen and oxygen atoms in total. The van der Waals surface area contributed by atoms with Crippen molar-refractivity contribution < 1.29 is 0 Å². The zero-order valence-corrected chi connectivity index (χ0v) is 8.96. The Morgan fingerprint density at radius 1 is 1.50 bits per heavy atom. The highest BCUT2D eigenvalue weighted by Crippen LogP contribution is 2.44. The normalized spacial score (nSPS) is 20.4. The van der Waals surface area contributed by atoms with Gasteiger partial charge in [-0.1, -0.05) is 13.0 Å². The molecule has 2 heteroatoms. The first kappa shape index (κ1) is 9.66. The monoisotopic (exact) mass is 190 g/mol. The van der Waals surface area contributed by atoms with E-state index in [-0.39, 0.29) is 0 Å². The molecule has 0 radical (unpaired) electrons. The van der Waals surface area contributed by atoms with Crippen LogP contribution in [0.25, 0.3) is 0 Å². The highest BCUT2D eigenvalue weighted by atomic mass is 14.9. The number of aromatic nitrogens is 1. The Labute approximate surface area is 85.7 Å². The molecule has 1 aliphatic carbocycles. The number of nitrogens with one attached hydrogen (secondary N) is 1. The molecule has 14 heavy (non-hydrogen) atoms. The molecule has 1 aromatic rings. The summed E-state index contributed by atoms with van der Waals surface area (Å²) in [6, 6.07) is 6.44. The van der Waals surface area contributed by atoms with E-state index in [1.54, 1.807) is 0 Å². The van der Waals surface area contributed by atoms with Crippen molar-refractivity contribution in [1.29, 1.82) is 0 Å². The first-order chi connectivity index (χ1) is 6.70. The SMILES string of the molecule is CC(NCC1(C)CC1)c1ccccn1. The third kappa shape index (κ3) is 2.32. The predicted molar refractivity (Wildman–Crippen MR) is 58.0 cm³/mol. The molecule has 1 aromatic heterocycles. The topological polar surface area (TPSA) is 24.9 Å². The van der Waals surface area contributed by atoms with Crippen LogP contribution in [0.2, 0.25) is 0 Å². The van der Waals surface area contributed by atoms with Crippen LogP contribution in [-0.2, 0) is 0 Å². The van der Waals surface area contributed by atoms with E-state index >= 15 is 0 Å². The molecule has 1 saturated carbocycles. The maximum atomic E-state index is 4.34. The van der Waals surface area contributed by atoms with Crippen molar-refractivity contribution in [1.82, 2.24) is 10.3 Å². The number of nitrogens with zero attached hydrogens (tertiary/aromatic N) is 1. The zero-order valence-electron chi connectivity index (χ0n) is 8.96. The first-order valence-corrected chi connectivity index (χ1v) is 5.34. The minimum atomic E-state index is 0.369. The summed E-state index contributed by atoms with van der Waals surface area (Å²) in [7, 11) is 0. The van der Waals surface area contributed by atoms with Gasteiger partial charge in [-0.25, -0.2) is 0 Å². The van der Waals surface area contributed by atoms with Gasteiger partial charge in [-0.2, -0.15) is 0 Å². The standard InChI is InChI=1S/C12H18N2/c1-10(11-5-3-4-8-13-11)14-9-12(2)6-7-12/h3-5,8,10,14H,6-7,9H2,1-2H3. The lowest BCUT2D eigenvalue weighted by Crippen LogP contribution is -2.25. The van der Waals surface area contributed by atoms with E-state index in [4.69, 9.17) is 0 Å². The van der Waals surface area contributed by atoms with Crippen LogP contribution < -0.4 is 5.32 Å². The Morgan fingerprint density at radius 2 is 2.29 bits per heavy atom. The van der Waals surface area contributed by atoms with Gasteiger partial charge in [-0.15, -0.1) is 0 Å². The number of hydrogen-bond donors (Lipinski definition) is 1. The maximum Gasteiger partial charge on any atom is 0.0570 e. The molecule has 2 rings (SSSR count). The van der Waals surface area contributed by atoms with Gasteiger partial charge in [0.1, 0.15) is 0 Å². The van der Waals surface area contributed by atoms with Crippen molar-refractivity contribution in [3.63, 3.8) is 0 Å². The van der Waals surface area contributed by atoms with Crippen LogP contribution in [0.4, 0.5) is 0 Å². The van der Waals surface area contributed by atoms with Crippen molar-refractivity contribution in [2.45, 2.75) is 32.7 Å². The summed E-state index contributed by atoms with van der Waals surface area (Å²) in [4.78, 5) is 4.34. The molecule has 0 bridgehead atoms. The second kappa shape index (κ2) is 3.70. The van der Waals surface area contributed by atoms with E-state index < -0.39 is 0 Å². The summed E-state index contributed by atoms with van der Waals surface area (Å²) in [5, 5.41) is 3.54. The third-order valence-electron chi connectivity index (χ3n) is 3.07. The fraction of sp³-hybridized carbons (Fsp3) is 0.583. The van der Waals surface area contributed by atoms with Crippen LogP contribution in [0.3, 0.4) is 0 Å². The smallest absolute Gasteiger partial charge is 0.0570 e. The minimum Gasteiger partial charge on any atom is -0.308 e. The largest absolute Gasteiger partial charge is 0.308 e. The lowest BCUT2D eigenvalue weighted by Gasteiger charge is -2.16. The summed E-state index contributed by atoms with van der Waals surface area (Å²) in [5.41, 5.74) is 1.71. The maximum absolute atomic E-state index is 4.34. The van der Waals surface area contributed by atoms with E-state index in [1.165, 1.54) is 12.8 Å². The Morgan fingerprint density at radius 3 is 2.86 bits per heavy atom. The Bertz CT molecular complexity index is 290. The molecular formula is C12H18N2. The van der Waals surface area contributed by atoms with E-state index in [0.717, 1.165) is 12.2 Å². The summed E-state index contributed by atoms with van der Waals surface area (Å²) >= 11 is 0. The number of hydrogen-bond acceptors (Lipinski definition) is 2. The fourth-order valence-corrected chi connectivity index (χ4v) is 1.53. The molecular weight excluding hydrogens is 172 g/mol. The molecule has 1 fully saturated rings. The predicted octanol–water partition coefficient (Wildman–Crippen LogP) is 2.53. The van der Waals surface area contributed by atoms with Gasteiger partial charge in [-0.3, -0.25) is 4.98 Å². The van der Waals surface area contributed by atoms with E-state index in [0.29, 0.717) is 11.5 Å². The average molecular weight is 190 g/mol. The first-order valence-electron chi connectivity index (χ1n) is 5.34. The van der Waals surface area contributed by atoms with Crippen LogP contribution >= 0.6 is 0 Å². The second-order valence-electron chi connectivity index (χ2n) is 4.67. The molecule has 1 heterocycles. The molecule has 1 aliphatic rings. The zero-order chi connectivity index (χ0) is 10.0. The van der Waals surface area contributed by atoms with Crippen LogP contribution in [0.1, 0.15) is 38.4 Å². The van der Waals surface area contributed by atoms with Crippen LogP contribution in [0, 0.1) is 5.41 Å².